The van der Waals surface area contributed by atoms with Gasteiger partial charge in [-0.2, -0.15) is 5.90 Å². The van der Waals surface area contributed by atoms with E-state index in [0.29, 0.717) is 0 Å². The summed E-state index contributed by atoms with van der Waals surface area (Å²) >= 11 is 1.23. The second-order valence-corrected chi connectivity index (χ2v) is 9.46. The Morgan fingerprint density at radius 1 is 0.963 bits per heavy atom. The lowest BCUT2D eigenvalue weighted by Gasteiger charge is -2.34. The Morgan fingerprint density at radius 2 is 1.74 bits per heavy atom. The van der Waals surface area contributed by atoms with Crippen LogP contribution < -0.4 is 11.2 Å². The van der Waals surface area contributed by atoms with Crippen molar-refractivity contribution in [1.82, 2.24) is 5.32 Å². The van der Waals surface area contributed by atoms with Gasteiger partial charge in [-0.15, -0.1) is 9.32 Å². The molecule has 0 radical (unpaired) electrons. The molecule has 0 aliphatic heterocycles. The van der Waals surface area contributed by atoms with Crippen LogP contribution in [0.4, 0.5) is 0 Å². The van der Waals surface area contributed by atoms with Gasteiger partial charge in [0.15, 0.2) is 0 Å². The molecule has 27 heavy (non-hydrogen) atoms. The molecule has 3 N–H and O–H groups in total. The standard InChI is InChI=1S/C20H36N2O4S/c21-25-26-27-19-12-5-4-11-18(19)22-20(23)16-9-6-10-17(13-16)24-14-15-7-2-1-3-8-15/h15-19H,1-14,21H2,(H,22,23). The Kier molecular flexibility index (Phi) is 9.19. The van der Waals surface area contributed by atoms with Crippen LogP contribution in [-0.4, -0.2) is 29.9 Å². The molecule has 3 saturated carbocycles. The van der Waals surface area contributed by atoms with E-state index in [1.165, 1.54) is 44.1 Å². The lowest BCUT2D eigenvalue weighted by Crippen LogP contribution is -2.47. The third kappa shape index (κ3) is 6.89. The van der Waals surface area contributed by atoms with Gasteiger partial charge in [0.2, 0.25) is 5.91 Å². The van der Waals surface area contributed by atoms with E-state index in [-0.39, 0.29) is 29.2 Å². The maximum absolute atomic E-state index is 12.9. The molecular weight excluding hydrogens is 364 g/mol. The van der Waals surface area contributed by atoms with Crippen LogP contribution in [0, 0.1) is 11.8 Å². The third-order valence-electron chi connectivity index (χ3n) is 6.52. The molecule has 0 spiro atoms. The molecule has 156 valence electrons. The number of hydrogen-bond donors (Lipinski definition) is 2. The first-order chi connectivity index (χ1) is 13.3. The lowest BCUT2D eigenvalue weighted by molar-refractivity contribution is -0.196. The van der Waals surface area contributed by atoms with Gasteiger partial charge in [-0.25, -0.2) is 0 Å². The van der Waals surface area contributed by atoms with Crippen LogP contribution in [0.1, 0.15) is 83.5 Å². The predicted molar refractivity (Wildman–Crippen MR) is 106 cm³/mol. The van der Waals surface area contributed by atoms with Gasteiger partial charge < -0.3 is 10.1 Å². The van der Waals surface area contributed by atoms with E-state index in [0.717, 1.165) is 63.9 Å². The van der Waals surface area contributed by atoms with E-state index in [4.69, 9.17) is 15.0 Å². The van der Waals surface area contributed by atoms with Crippen molar-refractivity contribution in [2.75, 3.05) is 6.61 Å². The SMILES string of the molecule is NOOSC1CCCCC1NC(=O)C1CCCC(OCC2CCCCC2)C1. The zero-order chi connectivity index (χ0) is 18.9. The largest absolute Gasteiger partial charge is 0.378 e. The molecule has 3 aliphatic carbocycles. The number of ether oxygens (including phenoxy) is 1. The first-order valence-corrected chi connectivity index (χ1v) is 11.7. The van der Waals surface area contributed by atoms with Gasteiger partial charge in [0.05, 0.1) is 11.4 Å². The number of carbonyl (C=O) groups excluding carboxylic acids is 1. The molecule has 0 aromatic carbocycles. The summed E-state index contributed by atoms with van der Waals surface area (Å²) in [6.45, 7) is 0.886. The highest BCUT2D eigenvalue weighted by molar-refractivity contribution is 7.95. The first kappa shape index (κ1) is 21.4. The number of nitrogens with two attached hydrogens (primary N) is 1. The van der Waals surface area contributed by atoms with Gasteiger partial charge in [0.25, 0.3) is 0 Å². The van der Waals surface area contributed by atoms with Gasteiger partial charge in [-0.1, -0.05) is 38.5 Å². The highest BCUT2D eigenvalue weighted by atomic mass is 32.2. The van der Waals surface area contributed by atoms with Crippen LogP contribution >= 0.6 is 12.0 Å². The topological polar surface area (TPSA) is 82.8 Å². The summed E-state index contributed by atoms with van der Waals surface area (Å²) in [5.41, 5.74) is 0. The van der Waals surface area contributed by atoms with E-state index in [1.54, 1.807) is 0 Å². The second kappa shape index (κ2) is 11.6. The fourth-order valence-electron chi connectivity index (χ4n) is 4.91. The minimum Gasteiger partial charge on any atom is -0.378 e. The predicted octanol–water partition coefficient (Wildman–Crippen LogP) is 4.04. The molecule has 1 amide bonds. The third-order valence-corrected chi connectivity index (χ3v) is 7.49. The lowest BCUT2D eigenvalue weighted by atomic mass is 9.85. The maximum Gasteiger partial charge on any atom is 0.223 e. The highest BCUT2D eigenvalue weighted by Gasteiger charge is 2.33. The monoisotopic (exact) mass is 400 g/mol. The molecular formula is C20H36N2O4S. The van der Waals surface area contributed by atoms with Crippen LogP contribution in [0.2, 0.25) is 0 Å². The smallest absolute Gasteiger partial charge is 0.223 e. The summed E-state index contributed by atoms with van der Waals surface area (Å²) in [4.78, 5) is 17.1. The molecule has 7 heteroatoms. The van der Waals surface area contributed by atoms with Crippen LogP contribution in [-0.2, 0) is 18.9 Å². The minimum absolute atomic E-state index is 0.0781. The van der Waals surface area contributed by atoms with E-state index < -0.39 is 0 Å². The number of nitrogens with one attached hydrogen (secondary N) is 1. The number of rotatable bonds is 8. The van der Waals surface area contributed by atoms with E-state index >= 15 is 0 Å². The number of carbonyl (C=O) groups is 1. The summed E-state index contributed by atoms with van der Waals surface area (Å²) in [7, 11) is 0. The molecule has 3 rings (SSSR count). The summed E-state index contributed by atoms with van der Waals surface area (Å²) in [6.07, 6.45) is 15.3. The Balaban J connectivity index is 1.42. The maximum atomic E-state index is 12.9. The fourth-order valence-corrected chi connectivity index (χ4v) is 5.66. The number of hydrogen-bond acceptors (Lipinski definition) is 6. The first-order valence-electron chi connectivity index (χ1n) is 10.9. The van der Waals surface area contributed by atoms with Gasteiger partial charge in [0, 0.05) is 30.6 Å². The minimum atomic E-state index is 0.0781. The van der Waals surface area contributed by atoms with E-state index in [2.05, 4.69) is 10.3 Å². The molecule has 4 unspecified atom stereocenters. The van der Waals surface area contributed by atoms with Crippen LogP contribution in [0.25, 0.3) is 0 Å². The molecule has 3 fully saturated rings. The van der Waals surface area contributed by atoms with Crippen molar-refractivity contribution < 1.29 is 18.9 Å². The molecule has 0 bridgehead atoms. The second-order valence-electron chi connectivity index (χ2n) is 8.52. The summed E-state index contributed by atoms with van der Waals surface area (Å²) in [5.74, 6) is 5.96. The molecule has 4 atom stereocenters. The van der Waals surface area contributed by atoms with Gasteiger partial charge in [0.1, 0.15) is 0 Å². The van der Waals surface area contributed by atoms with Gasteiger partial charge >= 0.3 is 0 Å². The Hall–Kier alpha value is -0.340. The average molecular weight is 401 g/mol. The Labute approximate surface area is 167 Å². The fraction of sp³-hybridized carbons (Fsp3) is 0.950. The van der Waals surface area contributed by atoms with E-state index in [9.17, 15) is 4.79 Å². The Morgan fingerprint density at radius 3 is 2.56 bits per heavy atom. The van der Waals surface area contributed by atoms with Crippen molar-refractivity contribution in [2.45, 2.75) is 101 Å². The zero-order valence-electron chi connectivity index (χ0n) is 16.4. The van der Waals surface area contributed by atoms with Crippen LogP contribution in [0.5, 0.6) is 0 Å². The molecule has 0 aromatic heterocycles. The van der Waals surface area contributed by atoms with Crippen molar-refractivity contribution in [3.05, 3.63) is 0 Å². The van der Waals surface area contributed by atoms with Crippen molar-refractivity contribution in [3.63, 3.8) is 0 Å². The summed E-state index contributed by atoms with van der Waals surface area (Å²) in [5, 5.41) is 3.48. The van der Waals surface area contributed by atoms with Gasteiger partial charge in [-0.3, -0.25) is 4.79 Å². The summed E-state index contributed by atoms with van der Waals surface area (Å²) in [6, 6.07) is 0.134. The van der Waals surface area contributed by atoms with Gasteiger partial charge in [-0.05, 0) is 50.9 Å². The van der Waals surface area contributed by atoms with Crippen molar-refractivity contribution in [2.24, 2.45) is 17.7 Å². The van der Waals surface area contributed by atoms with Crippen LogP contribution in [0.3, 0.4) is 0 Å². The quantitative estimate of drug-likeness (QED) is 0.363. The highest BCUT2D eigenvalue weighted by Crippen LogP contribution is 2.32. The van der Waals surface area contributed by atoms with Crippen molar-refractivity contribution in [1.29, 1.82) is 0 Å². The molecule has 0 saturated heterocycles. The Bertz CT molecular complexity index is 448. The van der Waals surface area contributed by atoms with Crippen molar-refractivity contribution >= 4 is 17.9 Å². The summed E-state index contributed by atoms with van der Waals surface area (Å²) < 4.78 is 11.1. The van der Waals surface area contributed by atoms with Crippen molar-refractivity contribution in [3.8, 4) is 0 Å². The average Bonchev–Trinajstić information content (AvgIpc) is 2.72. The number of amides is 1. The zero-order valence-corrected chi connectivity index (χ0v) is 17.2. The normalized spacial score (nSPS) is 32.9. The molecule has 6 nitrogen and oxygen atoms in total. The van der Waals surface area contributed by atoms with Crippen LogP contribution in [0.15, 0.2) is 0 Å². The molecule has 3 aliphatic rings. The van der Waals surface area contributed by atoms with E-state index in [1.807, 2.05) is 0 Å². The molecule has 0 aromatic rings. The molecule has 0 heterocycles.